The Labute approximate surface area is 52.3 Å². The number of rotatable bonds is 0. The van der Waals surface area contributed by atoms with Crippen molar-refractivity contribution in [3.8, 4) is 0 Å². The molecule has 0 spiro atoms. The largest absolute Gasteiger partial charge is 0.287 e. The first-order valence-electron chi connectivity index (χ1n) is 2.22. The van der Waals surface area contributed by atoms with Crippen LogP contribution in [0.2, 0.25) is 5.15 Å². The lowest BCUT2D eigenvalue weighted by Crippen LogP contribution is -2.09. The molecular formula is C5H6ClN2+. The van der Waals surface area contributed by atoms with Crippen LogP contribution in [0.4, 0.5) is 5.82 Å². The highest BCUT2D eigenvalue weighted by molar-refractivity contribution is 6.28. The van der Waals surface area contributed by atoms with Crippen molar-refractivity contribution >= 4 is 17.4 Å². The minimum Gasteiger partial charge on any atom is -0.287 e. The molecule has 0 fully saturated rings. The normalized spacial score (nSPS) is 9.12. The van der Waals surface area contributed by atoms with E-state index in [0.29, 0.717) is 11.0 Å². The summed E-state index contributed by atoms with van der Waals surface area (Å²) >= 11 is 5.51. The van der Waals surface area contributed by atoms with Gasteiger partial charge < -0.3 is 0 Å². The van der Waals surface area contributed by atoms with Gasteiger partial charge in [-0.2, -0.15) is 0 Å². The van der Waals surface area contributed by atoms with Gasteiger partial charge in [0.25, 0.3) is 5.82 Å². The zero-order valence-electron chi connectivity index (χ0n) is 4.19. The molecule has 0 bridgehead atoms. The Hall–Kier alpha value is -0.760. The first kappa shape index (κ1) is 5.38. The van der Waals surface area contributed by atoms with E-state index in [1.807, 2.05) is 0 Å². The number of nitrogens with two attached hydrogens (primary N) is 1. The molecule has 0 saturated heterocycles. The molecule has 1 aromatic heterocycles. The number of pyridine rings is 1. The average Bonchev–Trinajstić information content (AvgIpc) is 1.64. The van der Waals surface area contributed by atoms with E-state index in [2.05, 4.69) is 4.98 Å². The van der Waals surface area contributed by atoms with Gasteiger partial charge in [-0.3, -0.25) is 5.73 Å². The molecule has 0 radical (unpaired) electrons. The monoisotopic (exact) mass is 129 g/mol. The zero-order chi connectivity index (χ0) is 5.98. The van der Waals surface area contributed by atoms with Crippen LogP contribution in [-0.4, -0.2) is 0 Å². The summed E-state index contributed by atoms with van der Waals surface area (Å²) in [4.78, 5) is 2.71. The third-order valence-electron chi connectivity index (χ3n) is 0.782. The molecule has 3 N–H and O–H groups in total. The molecular weight excluding hydrogens is 124 g/mol. The Morgan fingerprint density at radius 3 is 2.62 bits per heavy atom. The lowest BCUT2D eigenvalue weighted by molar-refractivity contribution is -0.357. The smallest absolute Gasteiger partial charge is 0.271 e. The molecule has 0 unspecified atom stereocenters. The molecule has 0 aromatic carbocycles. The van der Waals surface area contributed by atoms with E-state index in [1.54, 1.807) is 18.2 Å². The van der Waals surface area contributed by atoms with Gasteiger partial charge in [-0.05, 0) is 23.7 Å². The number of aromatic amines is 1. The van der Waals surface area contributed by atoms with Gasteiger partial charge in [-0.1, -0.05) is 0 Å². The Bertz CT molecular complexity index is 170. The van der Waals surface area contributed by atoms with E-state index in [-0.39, 0.29) is 0 Å². The average molecular weight is 130 g/mol. The Morgan fingerprint density at radius 1 is 1.50 bits per heavy atom. The van der Waals surface area contributed by atoms with Crippen molar-refractivity contribution in [3.05, 3.63) is 23.4 Å². The molecule has 3 heteroatoms. The number of hydrogen-bond acceptors (Lipinski definition) is 1. The van der Waals surface area contributed by atoms with E-state index in [1.165, 1.54) is 0 Å². The van der Waals surface area contributed by atoms with Gasteiger partial charge in [0.2, 0.25) is 0 Å². The summed E-state index contributed by atoms with van der Waals surface area (Å²) < 4.78 is 0. The number of anilines is 1. The summed E-state index contributed by atoms with van der Waals surface area (Å²) in [5.74, 6) is 0.581. The summed E-state index contributed by atoms with van der Waals surface area (Å²) in [5.41, 5.74) is 5.32. The molecule has 0 amide bonds. The van der Waals surface area contributed by atoms with E-state index in [0.717, 1.165) is 0 Å². The van der Waals surface area contributed by atoms with Gasteiger partial charge in [0, 0.05) is 6.07 Å². The van der Waals surface area contributed by atoms with Crippen LogP contribution in [0, 0.1) is 0 Å². The summed E-state index contributed by atoms with van der Waals surface area (Å²) in [6.07, 6.45) is 0. The quantitative estimate of drug-likeness (QED) is 0.516. The summed E-state index contributed by atoms with van der Waals surface area (Å²) in [7, 11) is 0. The molecule has 8 heavy (non-hydrogen) atoms. The predicted octanol–water partition coefficient (Wildman–Crippen LogP) is 0.736. The lowest BCUT2D eigenvalue weighted by atomic mass is 10.5. The van der Waals surface area contributed by atoms with Gasteiger partial charge in [-0.25, -0.2) is 4.98 Å². The van der Waals surface area contributed by atoms with E-state index in [9.17, 15) is 0 Å². The Kier molecular flexibility index (Phi) is 1.35. The molecule has 1 rings (SSSR count). The maximum Gasteiger partial charge on any atom is 0.271 e. The van der Waals surface area contributed by atoms with Crippen molar-refractivity contribution in [1.29, 1.82) is 0 Å². The minimum atomic E-state index is 0.560. The van der Waals surface area contributed by atoms with Gasteiger partial charge in [0.15, 0.2) is 5.15 Å². The van der Waals surface area contributed by atoms with Crippen LogP contribution in [0.15, 0.2) is 18.2 Å². The molecule has 1 heterocycles. The first-order chi connectivity index (χ1) is 3.79. The van der Waals surface area contributed by atoms with E-state index < -0.39 is 0 Å². The van der Waals surface area contributed by atoms with E-state index in [4.69, 9.17) is 17.3 Å². The lowest BCUT2D eigenvalue weighted by Gasteiger charge is -1.82. The fourth-order valence-electron chi connectivity index (χ4n) is 0.457. The molecule has 0 saturated carbocycles. The standard InChI is InChI=1S/C5H5ClN2/c6-4-2-1-3-5(7)8-4/h1-3H,(H2,7,8)/p+1. The minimum absolute atomic E-state index is 0.560. The number of halogens is 1. The number of hydrogen-bond donors (Lipinski definition) is 1. The molecule has 0 atom stereocenters. The van der Waals surface area contributed by atoms with Crippen LogP contribution in [-0.2, 0) is 0 Å². The third kappa shape index (κ3) is 1.10. The van der Waals surface area contributed by atoms with Gasteiger partial charge in [0.05, 0.1) is 0 Å². The van der Waals surface area contributed by atoms with Crippen LogP contribution in [0.1, 0.15) is 0 Å². The fraction of sp³-hybridized carbons (Fsp3) is 0. The molecule has 1 aromatic rings. The van der Waals surface area contributed by atoms with Crippen molar-refractivity contribution in [2.24, 2.45) is 0 Å². The van der Waals surface area contributed by atoms with Crippen LogP contribution in [0.3, 0.4) is 0 Å². The number of nitrogens with one attached hydrogen (secondary N) is 1. The maximum atomic E-state index is 5.51. The summed E-state index contributed by atoms with van der Waals surface area (Å²) in [6.45, 7) is 0. The van der Waals surface area contributed by atoms with Crippen molar-refractivity contribution in [1.82, 2.24) is 0 Å². The summed E-state index contributed by atoms with van der Waals surface area (Å²) in [6, 6.07) is 5.26. The van der Waals surface area contributed by atoms with Crippen LogP contribution in [0.25, 0.3) is 0 Å². The van der Waals surface area contributed by atoms with Crippen LogP contribution >= 0.6 is 11.6 Å². The topological polar surface area (TPSA) is 40.2 Å². The zero-order valence-corrected chi connectivity index (χ0v) is 4.94. The van der Waals surface area contributed by atoms with Crippen LogP contribution in [0.5, 0.6) is 0 Å². The first-order valence-corrected chi connectivity index (χ1v) is 2.60. The number of nitrogen functional groups attached to an aromatic ring is 1. The molecule has 42 valence electrons. The third-order valence-corrected chi connectivity index (χ3v) is 1.00. The highest BCUT2D eigenvalue weighted by Crippen LogP contribution is 1.98. The second kappa shape index (κ2) is 2.01. The van der Waals surface area contributed by atoms with Crippen molar-refractivity contribution in [2.45, 2.75) is 0 Å². The van der Waals surface area contributed by atoms with Gasteiger partial charge in [0.1, 0.15) is 0 Å². The van der Waals surface area contributed by atoms with Crippen LogP contribution < -0.4 is 10.7 Å². The number of aromatic nitrogens is 1. The maximum absolute atomic E-state index is 5.51. The highest BCUT2D eigenvalue weighted by atomic mass is 35.5. The van der Waals surface area contributed by atoms with Crippen molar-refractivity contribution < 1.29 is 4.98 Å². The Balaban J connectivity index is 3.08. The number of H-pyrrole nitrogens is 1. The van der Waals surface area contributed by atoms with Gasteiger partial charge in [-0.15, -0.1) is 0 Å². The van der Waals surface area contributed by atoms with Crippen molar-refractivity contribution in [3.63, 3.8) is 0 Å². The van der Waals surface area contributed by atoms with E-state index >= 15 is 0 Å². The molecule has 0 aliphatic carbocycles. The molecule has 0 aliphatic heterocycles. The second-order valence-corrected chi connectivity index (χ2v) is 1.86. The second-order valence-electron chi connectivity index (χ2n) is 1.45. The fourth-order valence-corrected chi connectivity index (χ4v) is 0.639. The SMILES string of the molecule is Nc1cccc(Cl)[nH+]1. The highest BCUT2D eigenvalue weighted by Gasteiger charge is 1.90. The van der Waals surface area contributed by atoms with Gasteiger partial charge >= 0.3 is 0 Å². The molecule has 0 aliphatic rings. The Morgan fingerprint density at radius 2 is 2.25 bits per heavy atom. The summed E-state index contributed by atoms with van der Waals surface area (Å²) in [5, 5.41) is 0.560. The van der Waals surface area contributed by atoms with Crippen molar-refractivity contribution in [2.75, 3.05) is 5.73 Å². The molecule has 2 nitrogen and oxygen atoms in total. The predicted molar refractivity (Wildman–Crippen MR) is 32.4 cm³/mol.